The molecule has 0 spiro atoms. The zero-order chi connectivity index (χ0) is 19.5. The van der Waals surface area contributed by atoms with Gasteiger partial charge in [0.05, 0.1) is 17.2 Å². The molecule has 0 saturated heterocycles. The van der Waals surface area contributed by atoms with Crippen LogP contribution in [-0.4, -0.2) is 25.7 Å². The van der Waals surface area contributed by atoms with Crippen LogP contribution in [0.2, 0.25) is 0 Å². The number of carbonyl (C=O) groups excluding carboxylic acids is 1. The lowest BCUT2D eigenvalue weighted by molar-refractivity contribution is -0.146. The second-order valence-electron chi connectivity index (χ2n) is 6.18. The number of aryl methyl sites for hydroxylation is 1. The van der Waals surface area contributed by atoms with Gasteiger partial charge in [-0.05, 0) is 24.6 Å². The summed E-state index contributed by atoms with van der Waals surface area (Å²) in [6.07, 6.45) is 1.33. The average Bonchev–Trinajstić information content (AvgIpc) is 3.18. The van der Waals surface area contributed by atoms with Crippen LogP contribution in [0.4, 0.5) is 0 Å². The number of hydrogen-bond donors (Lipinski definition) is 0. The van der Waals surface area contributed by atoms with E-state index in [1.165, 1.54) is 10.9 Å². The van der Waals surface area contributed by atoms with Crippen LogP contribution in [0.15, 0.2) is 64.2 Å². The predicted octanol–water partition coefficient (Wildman–Crippen LogP) is 2.50. The Kier molecular flexibility index (Phi) is 4.67. The minimum Gasteiger partial charge on any atom is -0.454 e. The van der Waals surface area contributed by atoms with E-state index in [1.807, 2.05) is 31.2 Å². The van der Waals surface area contributed by atoms with Gasteiger partial charge >= 0.3 is 5.97 Å². The van der Waals surface area contributed by atoms with E-state index < -0.39 is 5.97 Å². The molecule has 4 aromatic rings. The maximum absolute atomic E-state index is 12.4. The Balaban J connectivity index is 1.42. The summed E-state index contributed by atoms with van der Waals surface area (Å²) >= 11 is 0. The molecule has 0 N–H and O–H groups in total. The highest BCUT2D eigenvalue weighted by Gasteiger charge is 2.14. The first-order chi connectivity index (χ1) is 13.6. The van der Waals surface area contributed by atoms with E-state index in [1.54, 1.807) is 24.3 Å². The fourth-order valence-electron chi connectivity index (χ4n) is 2.79. The molecule has 0 saturated carbocycles. The maximum atomic E-state index is 12.4. The Labute approximate surface area is 159 Å². The molecule has 2 heterocycles. The quantitative estimate of drug-likeness (QED) is 0.493. The smallest absolute Gasteiger partial charge is 0.326 e. The molecule has 140 valence electrons. The number of benzene rings is 2. The number of rotatable bonds is 5. The summed E-state index contributed by atoms with van der Waals surface area (Å²) in [4.78, 5) is 32.9. The van der Waals surface area contributed by atoms with Crippen molar-refractivity contribution in [2.75, 3.05) is 0 Å². The van der Waals surface area contributed by atoms with Crippen LogP contribution in [0.3, 0.4) is 0 Å². The van der Waals surface area contributed by atoms with E-state index in [9.17, 15) is 9.59 Å². The number of ether oxygens (including phenoxy) is 1. The summed E-state index contributed by atoms with van der Waals surface area (Å²) in [5.41, 5.74) is 2.13. The predicted molar refractivity (Wildman–Crippen MR) is 100 cm³/mol. The summed E-state index contributed by atoms with van der Waals surface area (Å²) in [5, 5.41) is 4.36. The summed E-state index contributed by atoms with van der Waals surface area (Å²) in [5.74, 6) is 0.00417. The molecular weight excluding hydrogens is 360 g/mol. The van der Waals surface area contributed by atoms with Gasteiger partial charge in [0.15, 0.2) is 6.61 Å². The van der Waals surface area contributed by atoms with E-state index in [-0.39, 0.29) is 24.6 Å². The zero-order valence-corrected chi connectivity index (χ0v) is 15.0. The van der Waals surface area contributed by atoms with Crippen LogP contribution in [0.25, 0.3) is 22.3 Å². The van der Waals surface area contributed by atoms with Gasteiger partial charge in [0.1, 0.15) is 6.54 Å². The highest BCUT2D eigenvalue weighted by Crippen LogP contribution is 2.19. The van der Waals surface area contributed by atoms with E-state index in [4.69, 9.17) is 9.26 Å². The van der Waals surface area contributed by atoms with Gasteiger partial charge in [-0.15, -0.1) is 0 Å². The monoisotopic (exact) mass is 376 g/mol. The van der Waals surface area contributed by atoms with Gasteiger partial charge in [-0.25, -0.2) is 4.98 Å². The first-order valence-electron chi connectivity index (χ1n) is 8.60. The van der Waals surface area contributed by atoms with Crippen molar-refractivity contribution in [2.45, 2.75) is 20.1 Å². The molecular formula is C20H16N4O4. The van der Waals surface area contributed by atoms with E-state index in [0.717, 1.165) is 11.1 Å². The molecule has 8 nitrogen and oxygen atoms in total. The van der Waals surface area contributed by atoms with Gasteiger partial charge in [-0.1, -0.05) is 41.6 Å². The van der Waals surface area contributed by atoms with Gasteiger partial charge in [0.25, 0.3) is 11.4 Å². The lowest BCUT2D eigenvalue weighted by Crippen LogP contribution is -2.25. The van der Waals surface area contributed by atoms with Crippen molar-refractivity contribution in [3.63, 3.8) is 0 Å². The van der Waals surface area contributed by atoms with Gasteiger partial charge in [0.2, 0.25) is 5.82 Å². The molecule has 0 amide bonds. The Morgan fingerprint density at radius 2 is 1.93 bits per heavy atom. The van der Waals surface area contributed by atoms with Crippen molar-refractivity contribution in [1.82, 2.24) is 19.7 Å². The summed E-state index contributed by atoms with van der Waals surface area (Å²) in [7, 11) is 0. The molecule has 0 aliphatic heterocycles. The molecule has 0 atom stereocenters. The summed E-state index contributed by atoms with van der Waals surface area (Å²) < 4.78 is 11.5. The molecule has 0 aliphatic rings. The van der Waals surface area contributed by atoms with Gasteiger partial charge in [0, 0.05) is 5.56 Å². The van der Waals surface area contributed by atoms with Crippen molar-refractivity contribution < 1.29 is 14.1 Å². The molecule has 0 bridgehead atoms. The highest BCUT2D eigenvalue weighted by molar-refractivity contribution is 5.77. The van der Waals surface area contributed by atoms with Crippen LogP contribution >= 0.6 is 0 Å². The van der Waals surface area contributed by atoms with Crippen LogP contribution in [-0.2, 0) is 22.7 Å². The van der Waals surface area contributed by atoms with Crippen LogP contribution < -0.4 is 5.56 Å². The van der Waals surface area contributed by atoms with Crippen LogP contribution in [0.5, 0.6) is 0 Å². The first kappa shape index (κ1) is 17.6. The highest BCUT2D eigenvalue weighted by atomic mass is 16.6. The fourth-order valence-corrected chi connectivity index (χ4v) is 2.79. The molecule has 0 radical (unpaired) electrons. The molecule has 0 fully saturated rings. The molecule has 2 aromatic heterocycles. The molecule has 0 unspecified atom stereocenters. The van der Waals surface area contributed by atoms with Crippen LogP contribution in [0.1, 0.15) is 11.5 Å². The van der Waals surface area contributed by atoms with Crippen LogP contribution in [0, 0.1) is 6.92 Å². The third-order valence-corrected chi connectivity index (χ3v) is 4.24. The van der Waals surface area contributed by atoms with E-state index in [0.29, 0.717) is 16.7 Å². The Bertz CT molecular complexity index is 1210. The van der Waals surface area contributed by atoms with E-state index in [2.05, 4.69) is 15.1 Å². The Morgan fingerprint density at radius 1 is 1.14 bits per heavy atom. The number of carbonyl (C=O) groups is 1. The number of para-hydroxylation sites is 1. The summed E-state index contributed by atoms with van der Waals surface area (Å²) in [6, 6.07) is 14.6. The number of hydrogen-bond acceptors (Lipinski definition) is 7. The molecule has 0 aliphatic carbocycles. The Morgan fingerprint density at radius 3 is 2.79 bits per heavy atom. The van der Waals surface area contributed by atoms with Gasteiger partial charge in [-0.2, -0.15) is 4.98 Å². The topological polar surface area (TPSA) is 100 Å². The van der Waals surface area contributed by atoms with Crippen molar-refractivity contribution >= 4 is 16.9 Å². The third kappa shape index (κ3) is 3.52. The molecule has 4 rings (SSSR count). The molecule has 2 aromatic carbocycles. The number of fused-ring (bicyclic) bond motifs is 1. The normalized spacial score (nSPS) is 10.9. The number of esters is 1. The second kappa shape index (κ2) is 7.43. The number of aromatic nitrogens is 4. The van der Waals surface area contributed by atoms with Crippen molar-refractivity contribution in [3.05, 3.63) is 76.7 Å². The third-order valence-electron chi connectivity index (χ3n) is 4.24. The lowest BCUT2D eigenvalue weighted by Gasteiger charge is -2.06. The minimum absolute atomic E-state index is 0.173. The first-order valence-corrected chi connectivity index (χ1v) is 8.60. The van der Waals surface area contributed by atoms with Crippen molar-refractivity contribution in [3.8, 4) is 11.4 Å². The van der Waals surface area contributed by atoms with E-state index >= 15 is 0 Å². The van der Waals surface area contributed by atoms with Crippen molar-refractivity contribution in [2.24, 2.45) is 0 Å². The molecule has 28 heavy (non-hydrogen) atoms. The lowest BCUT2D eigenvalue weighted by atomic mass is 10.1. The fraction of sp³-hybridized carbons (Fsp3) is 0.150. The molecule has 8 heteroatoms. The zero-order valence-electron chi connectivity index (χ0n) is 15.0. The second-order valence-corrected chi connectivity index (χ2v) is 6.18. The summed E-state index contributed by atoms with van der Waals surface area (Å²) in [6.45, 7) is 1.52. The maximum Gasteiger partial charge on any atom is 0.326 e. The van der Waals surface area contributed by atoms with Gasteiger partial charge in [-0.3, -0.25) is 14.2 Å². The largest absolute Gasteiger partial charge is 0.454 e. The standard InChI is InChI=1S/C20H16N4O4/c1-13-6-2-3-7-14(13)19-22-17(28-23-19)11-27-18(25)10-24-12-21-16-9-5-4-8-15(16)20(24)26/h2-9,12H,10-11H2,1H3. The SMILES string of the molecule is Cc1ccccc1-c1noc(COC(=O)Cn2cnc3ccccc3c2=O)n1. The average molecular weight is 376 g/mol. The van der Waals surface area contributed by atoms with Gasteiger partial charge < -0.3 is 9.26 Å². The minimum atomic E-state index is -0.602. The Hall–Kier alpha value is -3.81. The number of nitrogens with zero attached hydrogens (tertiary/aromatic N) is 4. The van der Waals surface area contributed by atoms with Crippen molar-refractivity contribution in [1.29, 1.82) is 0 Å².